The molecule has 1 atom stereocenters. The Morgan fingerprint density at radius 1 is 1.33 bits per heavy atom. The number of nitrogens with one attached hydrogen (secondary N) is 1. The van der Waals surface area contributed by atoms with E-state index in [1.807, 2.05) is 18.2 Å². The molecule has 0 heterocycles. The minimum atomic E-state index is -0.768. The van der Waals surface area contributed by atoms with Gasteiger partial charge in [0.25, 0.3) is 0 Å². The Kier molecular flexibility index (Phi) is 3.99. The highest BCUT2D eigenvalue weighted by Crippen LogP contribution is 2.44. The maximum absolute atomic E-state index is 11.7. The van der Waals surface area contributed by atoms with Crippen LogP contribution in [-0.4, -0.2) is 29.3 Å². The van der Waals surface area contributed by atoms with Crippen molar-refractivity contribution in [3.63, 3.8) is 0 Å². The number of rotatable bonds is 6. The number of aliphatic hydroxyl groups excluding tert-OH is 2. The average molecular weight is 249 g/mol. The van der Waals surface area contributed by atoms with Crippen LogP contribution in [0.3, 0.4) is 0 Å². The first kappa shape index (κ1) is 13.1. The highest BCUT2D eigenvalue weighted by molar-refractivity contribution is 5.76. The molecule has 1 amide bonds. The molecule has 0 saturated heterocycles. The summed E-state index contributed by atoms with van der Waals surface area (Å²) >= 11 is 0. The van der Waals surface area contributed by atoms with Crippen LogP contribution in [0.15, 0.2) is 30.3 Å². The van der Waals surface area contributed by atoms with Gasteiger partial charge in [0.1, 0.15) is 0 Å². The molecule has 1 saturated carbocycles. The standard InChI is InChI=1S/C14H19NO3/c16-10-14(6-7-14)9-15-13(18)8-12(17)11-4-2-1-3-5-11/h1-5,12,16-17H,6-10H2,(H,15,18). The van der Waals surface area contributed by atoms with Crippen molar-refractivity contribution in [3.8, 4) is 0 Å². The molecule has 1 unspecified atom stereocenters. The number of amides is 1. The van der Waals surface area contributed by atoms with E-state index in [9.17, 15) is 9.90 Å². The first-order valence-corrected chi connectivity index (χ1v) is 6.26. The van der Waals surface area contributed by atoms with E-state index in [0.29, 0.717) is 6.54 Å². The van der Waals surface area contributed by atoms with E-state index < -0.39 is 6.10 Å². The molecule has 4 heteroatoms. The summed E-state index contributed by atoms with van der Waals surface area (Å²) in [5.41, 5.74) is 0.656. The van der Waals surface area contributed by atoms with Gasteiger partial charge in [-0.25, -0.2) is 0 Å². The molecular formula is C14H19NO3. The van der Waals surface area contributed by atoms with Crippen molar-refractivity contribution < 1.29 is 15.0 Å². The van der Waals surface area contributed by atoms with Crippen molar-refractivity contribution in [2.75, 3.05) is 13.2 Å². The summed E-state index contributed by atoms with van der Waals surface area (Å²) in [5.74, 6) is -0.175. The topological polar surface area (TPSA) is 69.6 Å². The van der Waals surface area contributed by atoms with Crippen LogP contribution in [0.2, 0.25) is 0 Å². The third-order valence-corrected chi connectivity index (χ3v) is 3.52. The predicted molar refractivity (Wildman–Crippen MR) is 67.8 cm³/mol. The summed E-state index contributed by atoms with van der Waals surface area (Å²) in [6, 6.07) is 9.14. The van der Waals surface area contributed by atoms with Gasteiger partial charge in [0.2, 0.25) is 5.91 Å². The molecule has 1 aliphatic rings. The number of hydrogen-bond acceptors (Lipinski definition) is 3. The number of hydrogen-bond donors (Lipinski definition) is 3. The lowest BCUT2D eigenvalue weighted by Crippen LogP contribution is -2.32. The first-order valence-electron chi connectivity index (χ1n) is 6.26. The van der Waals surface area contributed by atoms with Crippen LogP contribution in [-0.2, 0) is 4.79 Å². The fourth-order valence-corrected chi connectivity index (χ4v) is 1.89. The molecule has 0 spiro atoms. The third kappa shape index (κ3) is 3.31. The van der Waals surface area contributed by atoms with Crippen molar-refractivity contribution >= 4 is 5.91 Å². The molecule has 1 fully saturated rings. The van der Waals surface area contributed by atoms with Crippen molar-refractivity contribution in [2.24, 2.45) is 5.41 Å². The van der Waals surface area contributed by atoms with Crippen LogP contribution < -0.4 is 5.32 Å². The number of aliphatic hydroxyl groups is 2. The second-order valence-electron chi connectivity index (χ2n) is 5.07. The molecule has 18 heavy (non-hydrogen) atoms. The summed E-state index contributed by atoms with van der Waals surface area (Å²) in [4.78, 5) is 11.7. The summed E-state index contributed by atoms with van der Waals surface area (Å²) in [6.45, 7) is 0.623. The lowest BCUT2D eigenvalue weighted by atomic mass is 10.1. The summed E-state index contributed by atoms with van der Waals surface area (Å²) < 4.78 is 0. The van der Waals surface area contributed by atoms with Gasteiger partial charge in [-0.15, -0.1) is 0 Å². The zero-order valence-corrected chi connectivity index (χ0v) is 10.3. The van der Waals surface area contributed by atoms with Crippen molar-refractivity contribution in [2.45, 2.75) is 25.4 Å². The Morgan fingerprint density at radius 3 is 2.56 bits per heavy atom. The fraction of sp³-hybridized carbons (Fsp3) is 0.500. The van der Waals surface area contributed by atoms with Crippen LogP contribution >= 0.6 is 0 Å². The summed E-state index contributed by atoms with van der Waals surface area (Å²) in [7, 11) is 0. The fourth-order valence-electron chi connectivity index (χ4n) is 1.89. The highest BCUT2D eigenvalue weighted by atomic mass is 16.3. The zero-order valence-electron chi connectivity index (χ0n) is 10.3. The van der Waals surface area contributed by atoms with Gasteiger partial charge in [-0.2, -0.15) is 0 Å². The van der Waals surface area contributed by atoms with E-state index >= 15 is 0 Å². The smallest absolute Gasteiger partial charge is 0.222 e. The zero-order chi connectivity index (χ0) is 13.0. The molecule has 3 N–H and O–H groups in total. The Balaban J connectivity index is 1.77. The molecule has 4 nitrogen and oxygen atoms in total. The van der Waals surface area contributed by atoms with E-state index in [0.717, 1.165) is 18.4 Å². The number of benzene rings is 1. The monoisotopic (exact) mass is 249 g/mol. The first-order chi connectivity index (χ1) is 8.65. The molecule has 1 aromatic carbocycles. The van der Waals surface area contributed by atoms with Crippen LogP contribution in [0.5, 0.6) is 0 Å². The largest absolute Gasteiger partial charge is 0.396 e. The SMILES string of the molecule is O=C(CC(O)c1ccccc1)NCC1(CO)CC1. The molecular weight excluding hydrogens is 230 g/mol. The van der Waals surface area contributed by atoms with E-state index in [2.05, 4.69) is 5.32 Å². The van der Waals surface area contributed by atoms with Gasteiger partial charge in [-0.05, 0) is 18.4 Å². The molecule has 98 valence electrons. The van der Waals surface area contributed by atoms with E-state index in [1.54, 1.807) is 12.1 Å². The van der Waals surface area contributed by atoms with Gasteiger partial charge >= 0.3 is 0 Å². The number of carbonyl (C=O) groups excluding carboxylic acids is 1. The molecule has 0 aliphatic heterocycles. The van der Waals surface area contributed by atoms with Crippen LogP contribution in [0.4, 0.5) is 0 Å². The van der Waals surface area contributed by atoms with Gasteiger partial charge in [0.05, 0.1) is 19.1 Å². The maximum atomic E-state index is 11.7. The van der Waals surface area contributed by atoms with Gasteiger partial charge in [0, 0.05) is 12.0 Å². The molecule has 0 radical (unpaired) electrons. The van der Waals surface area contributed by atoms with Gasteiger partial charge in [-0.1, -0.05) is 30.3 Å². The summed E-state index contributed by atoms with van der Waals surface area (Å²) in [6.07, 6.45) is 1.22. The van der Waals surface area contributed by atoms with Crippen LogP contribution in [0.25, 0.3) is 0 Å². The summed E-state index contributed by atoms with van der Waals surface area (Å²) in [5, 5.41) is 21.8. The second kappa shape index (κ2) is 5.50. The van der Waals surface area contributed by atoms with Crippen molar-refractivity contribution in [1.82, 2.24) is 5.32 Å². The van der Waals surface area contributed by atoms with E-state index in [-0.39, 0.29) is 24.3 Å². The van der Waals surface area contributed by atoms with Crippen LogP contribution in [0.1, 0.15) is 30.9 Å². The molecule has 1 aromatic rings. The maximum Gasteiger partial charge on any atom is 0.222 e. The minimum Gasteiger partial charge on any atom is -0.396 e. The average Bonchev–Trinajstić information content (AvgIpc) is 3.18. The normalized spacial score (nSPS) is 18.1. The molecule has 0 bridgehead atoms. The van der Waals surface area contributed by atoms with E-state index in [4.69, 9.17) is 5.11 Å². The lowest BCUT2D eigenvalue weighted by Gasteiger charge is -2.14. The number of carbonyl (C=O) groups is 1. The lowest BCUT2D eigenvalue weighted by molar-refractivity contribution is -0.123. The Morgan fingerprint density at radius 2 is 2.00 bits per heavy atom. The van der Waals surface area contributed by atoms with Gasteiger partial charge < -0.3 is 15.5 Å². The third-order valence-electron chi connectivity index (χ3n) is 3.52. The van der Waals surface area contributed by atoms with E-state index in [1.165, 1.54) is 0 Å². The Hall–Kier alpha value is -1.39. The highest BCUT2D eigenvalue weighted by Gasteiger charge is 2.42. The van der Waals surface area contributed by atoms with Crippen molar-refractivity contribution in [1.29, 1.82) is 0 Å². The van der Waals surface area contributed by atoms with Crippen LogP contribution in [0, 0.1) is 5.41 Å². The molecule has 0 aromatic heterocycles. The Labute approximate surface area is 107 Å². The quantitative estimate of drug-likeness (QED) is 0.704. The Bertz CT molecular complexity index is 401. The predicted octanol–water partition coefficient (Wildman–Crippen LogP) is 0.999. The van der Waals surface area contributed by atoms with Gasteiger partial charge in [0.15, 0.2) is 0 Å². The molecule has 1 aliphatic carbocycles. The molecule has 2 rings (SSSR count). The second-order valence-corrected chi connectivity index (χ2v) is 5.07. The van der Waals surface area contributed by atoms with Crippen molar-refractivity contribution in [3.05, 3.63) is 35.9 Å². The van der Waals surface area contributed by atoms with Gasteiger partial charge in [-0.3, -0.25) is 4.79 Å². The minimum absolute atomic E-state index is 0.0610.